The molecule has 178 valence electrons. The zero-order valence-corrected chi connectivity index (χ0v) is 19.7. The third-order valence-electron chi connectivity index (χ3n) is 4.53. The summed E-state index contributed by atoms with van der Waals surface area (Å²) in [5.41, 5.74) is 0. The number of hydrogen-bond donors (Lipinski definition) is 2. The number of fused-ring (bicyclic) bond motifs is 1. The van der Waals surface area contributed by atoms with Crippen LogP contribution in [0.5, 0.6) is 11.5 Å². The number of Topliss-reactive ketones (excluding diaryl/α,β-unsaturated/α-hetero) is 1. The molecular formula is C21H24N2O8S2. The summed E-state index contributed by atoms with van der Waals surface area (Å²) in [6.45, 7) is 3.33. The van der Waals surface area contributed by atoms with E-state index in [1.165, 1.54) is 43.4 Å². The first-order valence-electron chi connectivity index (χ1n) is 10.1. The second kappa shape index (κ2) is 10.8. The summed E-state index contributed by atoms with van der Waals surface area (Å²) >= 11 is 1.18. The lowest BCUT2D eigenvalue weighted by molar-refractivity contribution is -0.144. The van der Waals surface area contributed by atoms with Gasteiger partial charge in [-0.1, -0.05) is 0 Å². The van der Waals surface area contributed by atoms with E-state index in [4.69, 9.17) is 14.2 Å². The van der Waals surface area contributed by atoms with Crippen LogP contribution in [0.2, 0.25) is 0 Å². The predicted molar refractivity (Wildman–Crippen MR) is 119 cm³/mol. The van der Waals surface area contributed by atoms with Crippen LogP contribution >= 0.6 is 11.3 Å². The van der Waals surface area contributed by atoms with Crippen molar-refractivity contribution in [3.8, 4) is 11.5 Å². The lowest BCUT2D eigenvalue weighted by Gasteiger charge is -2.13. The number of hydrogen-bond acceptors (Lipinski definition) is 9. The molecule has 10 nitrogen and oxygen atoms in total. The number of ketones is 1. The lowest BCUT2D eigenvalue weighted by atomic mass is 10.2. The minimum atomic E-state index is -4.02. The average molecular weight is 497 g/mol. The molecule has 1 aliphatic heterocycles. The normalized spacial score (nSPS) is 14.1. The van der Waals surface area contributed by atoms with Crippen LogP contribution in [0.4, 0.5) is 0 Å². The van der Waals surface area contributed by atoms with Crippen molar-refractivity contribution in [2.24, 2.45) is 0 Å². The van der Waals surface area contributed by atoms with Gasteiger partial charge in [-0.25, -0.2) is 8.42 Å². The van der Waals surface area contributed by atoms with E-state index in [0.717, 1.165) is 4.88 Å². The quantitative estimate of drug-likeness (QED) is 0.395. The molecule has 0 saturated heterocycles. The zero-order valence-electron chi connectivity index (χ0n) is 18.1. The van der Waals surface area contributed by atoms with E-state index >= 15 is 0 Å². The van der Waals surface area contributed by atoms with Crippen molar-refractivity contribution in [2.45, 2.75) is 37.8 Å². The Balaban J connectivity index is 1.54. The molecule has 0 radical (unpaired) electrons. The van der Waals surface area contributed by atoms with Crippen molar-refractivity contribution in [1.82, 2.24) is 10.0 Å². The van der Waals surface area contributed by atoms with Crippen molar-refractivity contribution >= 4 is 39.0 Å². The highest BCUT2D eigenvalue weighted by atomic mass is 32.2. The molecule has 12 heteroatoms. The highest BCUT2D eigenvalue weighted by Gasteiger charge is 2.24. The molecule has 1 unspecified atom stereocenters. The average Bonchev–Trinajstić information content (AvgIpc) is 3.12. The Hall–Kier alpha value is -2.96. The summed E-state index contributed by atoms with van der Waals surface area (Å²) in [4.78, 5) is 36.7. The molecule has 0 fully saturated rings. The minimum Gasteiger partial charge on any atom is -0.490 e. The summed E-state index contributed by atoms with van der Waals surface area (Å²) in [6, 6.07) is 7.46. The molecule has 0 bridgehead atoms. The molecule has 2 N–H and O–H groups in total. The first-order valence-corrected chi connectivity index (χ1v) is 12.4. The highest BCUT2D eigenvalue weighted by molar-refractivity contribution is 7.89. The van der Waals surface area contributed by atoms with Gasteiger partial charge in [0.2, 0.25) is 21.7 Å². The van der Waals surface area contributed by atoms with E-state index in [-0.39, 0.29) is 10.8 Å². The van der Waals surface area contributed by atoms with Crippen molar-refractivity contribution in [1.29, 1.82) is 0 Å². The van der Waals surface area contributed by atoms with Crippen molar-refractivity contribution in [2.75, 3.05) is 19.8 Å². The van der Waals surface area contributed by atoms with E-state index in [1.54, 1.807) is 12.1 Å². The topological polar surface area (TPSA) is 137 Å². The fourth-order valence-corrected chi connectivity index (χ4v) is 4.81. The van der Waals surface area contributed by atoms with Crippen LogP contribution in [-0.4, -0.2) is 51.9 Å². The van der Waals surface area contributed by atoms with Gasteiger partial charge in [-0.15, -0.1) is 11.3 Å². The van der Waals surface area contributed by atoms with Crippen LogP contribution in [0.3, 0.4) is 0 Å². The SMILES string of the molecule is CC(=O)NCc1ccc(C(=O)C(C)OC(=O)CNS(=O)(=O)c2ccc3c(c2)OCCCO3)s1. The van der Waals surface area contributed by atoms with Gasteiger partial charge < -0.3 is 19.5 Å². The number of amides is 1. The number of esters is 1. The Kier molecular flexibility index (Phi) is 8.06. The van der Waals surface area contributed by atoms with Gasteiger partial charge in [0.05, 0.1) is 29.5 Å². The van der Waals surface area contributed by atoms with Crippen LogP contribution in [0.1, 0.15) is 34.8 Å². The summed E-state index contributed by atoms with van der Waals surface area (Å²) in [6.07, 6.45) is -0.424. The Morgan fingerprint density at radius 2 is 1.85 bits per heavy atom. The number of carbonyl (C=O) groups excluding carboxylic acids is 3. The third kappa shape index (κ3) is 6.76. The number of carbonyl (C=O) groups is 3. The van der Waals surface area contributed by atoms with E-state index in [2.05, 4.69) is 10.0 Å². The molecule has 33 heavy (non-hydrogen) atoms. The van der Waals surface area contributed by atoms with Gasteiger partial charge in [-0.05, 0) is 31.2 Å². The number of thiophene rings is 1. The Bertz CT molecular complexity index is 1140. The van der Waals surface area contributed by atoms with Gasteiger partial charge in [0, 0.05) is 24.3 Å². The fourth-order valence-electron chi connectivity index (χ4n) is 2.86. The summed E-state index contributed by atoms with van der Waals surface area (Å²) in [5.74, 6) is -0.747. The van der Waals surface area contributed by atoms with E-state index in [0.29, 0.717) is 42.6 Å². The van der Waals surface area contributed by atoms with Crippen LogP contribution in [-0.2, 0) is 30.9 Å². The Labute approximate surface area is 195 Å². The van der Waals surface area contributed by atoms with Crippen LogP contribution in [0, 0.1) is 0 Å². The molecule has 3 rings (SSSR count). The summed E-state index contributed by atoms with van der Waals surface area (Å²) in [7, 11) is -4.02. The summed E-state index contributed by atoms with van der Waals surface area (Å²) < 4.78 is 43.3. The number of rotatable bonds is 9. The molecule has 1 aromatic heterocycles. The maximum absolute atomic E-state index is 12.6. The lowest BCUT2D eigenvalue weighted by Crippen LogP contribution is -2.34. The van der Waals surface area contributed by atoms with Gasteiger partial charge in [0.25, 0.3) is 0 Å². The first kappa shape index (κ1) is 24.7. The van der Waals surface area contributed by atoms with Gasteiger partial charge in [-0.2, -0.15) is 4.72 Å². The molecule has 1 atom stereocenters. The van der Waals surface area contributed by atoms with Gasteiger partial charge >= 0.3 is 5.97 Å². The third-order valence-corrected chi connectivity index (χ3v) is 7.03. The molecule has 0 spiro atoms. The summed E-state index contributed by atoms with van der Waals surface area (Å²) in [5, 5.41) is 2.63. The van der Waals surface area contributed by atoms with Gasteiger partial charge in [0.1, 0.15) is 6.54 Å². The molecular weight excluding hydrogens is 472 g/mol. The minimum absolute atomic E-state index is 0.0889. The van der Waals surface area contributed by atoms with Crippen LogP contribution in [0.15, 0.2) is 35.2 Å². The molecule has 1 aromatic carbocycles. The number of nitrogens with one attached hydrogen (secondary N) is 2. The maximum atomic E-state index is 12.6. The molecule has 2 heterocycles. The number of sulfonamides is 1. The monoisotopic (exact) mass is 496 g/mol. The second-order valence-corrected chi connectivity index (χ2v) is 10.1. The number of ether oxygens (including phenoxy) is 3. The van der Waals surface area contributed by atoms with E-state index in [9.17, 15) is 22.8 Å². The molecule has 0 saturated carbocycles. The van der Waals surface area contributed by atoms with Gasteiger partial charge in [-0.3, -0.25) is 14.4 Å². The van der Waals surface area contributed by atoms with Gasteiger partial charge in [0.15, 0.2) is 17.6 Å². The van der Waals surface area contributed by atoms with E-state index < -0.39 is 34.4 Å². The fraction of sp³-hybridized carbons (Fsp3) is 0.381. The highest BCUT2D eigenvalue weighted by Crippen LogP contribution is 2.31. The van der Waals surface area contributed by atoms with Crippen molar-refractivity contribution in [3.05, 3.63) is 40.1 Å². The molecule has 0 aliphatic carbocycles. The Morgan fingerprint density at radius 3 is 2.58 bits per heavy atom. The number of benzene rings is 1. The maximum Gasteiger partial charge on any atom is 0.321 e. The van der Waals surface area contributed by atoms with Crippen molar-refractivity contribution in [3.63, 3.8) is 0 Å². The first-order chi connectivity index (χ1) is 15.7. The van der Waals surface area contributed by atoms with Crippen molar-refractivity contribution < 1.29 is 37.0 Å². The largest absolute Gasteiger partial charge is 0.490 e. The van der Waals surface area contributed by atoms with E-state index in [1.807, 2.05) is 0 Å². The molecule has 2 aromatic rings. The van der Waals surface area contributed by atoms with Crippen LogP contribution in [0.25, 0.3) is 0 Å². The molecule has 1 amide bonds. The zero-order chi connectivity index (χ0) is 24.0. The predicted octanol–water partition coefficient (Wildman–Crippen LogP) is 1.64. The Morgan fingerprint density at radius 1 is 1.12 bits per heavy atom. The second-order valence-electron chi connectivity index (χ2n) is 7.16. The van der Waals surface area contributed by atoms with Crippen LogP contribution < -0.4 is 19.5 Å². The molecule has 1 aliphatic rings. The standard InChI is InChI=1S/C21H24N2O8S2/c1-13(21(26)19-7-4-15(32-19)11-22-14(2)24)31-20(25)12-23-33(27,28)16-5-6-17-18(10-16)30-9-3-8-29-17/h4-7,10,13,23H,3,8-9,11-12H2,1-2H3,(H,22,24). The smallest absolute Gasteiger partial charge is 0.321 e.